The van der Waals surface area contributed by atoms with E-state index in [1.54, 1.807) is 0 Å². The second kappa shape index (κ2) is 3.80. The predicted octanol–water partition coefficient (Wildman–Crippen LogP) is 3.39. The van der Waals surface area contributed by atoms with Crippen LogP contribution in [-0.4, -0.2) is 0 Å². The van der Waals surface area contributed by atoms with Crippen LogP contribution in [0.2, 0.25) is 0 Å². The monoisotopic (exact) mass is 138 g/mol. The standard InChI is InChI=1S/C10H18/c1-3-6-10-8-5-4-7-9(10)2/h3,6,9-10H,4-5,7-8H2,1-2H3/b6-3+. The smallest absolute Gasteiger partial charge is 0.0208 e. The predicted molar refractivity (Wildman–Crippen MR) is 45.9 cm³/mol. The highest BCUT2D eigenvalue weighted by atomic mass is 14.2. The Balaban J connectivity index is 2.39. The van der Waals surface area contributed by atoms with E-state index in [-0.39, 0.29) is 0 Å². The molecule has 1 fully saturated rings. The fourth-order valence-electron chi connectivity index (χ4n) is 1.88. The molecule has 0 saturated heterocycles. The van der Waals surface area contributed by atoms with E-state index in [4.69, 9.17) is 0 Å². The van der Waals surface area contributed by atoms with Gasteiger partial charge in [0.15, 0.2) is 0 Å². The molecule has 0 aromatic rings. The largest absolute Gasteiger partial charge is 0.0914 e. The maximum Gasteiger partial charge on any atom is -0.0208 e. The summed E-state index contributed by atoms with van der Waals surface area (Å²) in [5, 5.41) is 0. The van der Waals surface area contributed by atoms with E-state index in [1.165, 1.54) is 25.7 Å². The minimum absolute atomic E-state index is 0.888. The Morgan fingerprint density at radius 3 is 2.50 bits per heavy atom. The third-order valence-corrected chi connectivity index (χ3v) is 2.62. The molecule has 0 N–H and O–H groups in total. The molecule has 0 radical (unpaired) electrons. The van der Waals surface area contributed by atoms with Gasteiger partial charge in [-0.1, -0.05) is 38.3 Å². The van der Waals surface area contributed by atoms with Crippen LogP contribution in [0.4, 0.5) is 0 Å². The van der Waals surface area contributed by atoms with Crippen LogP contribution in [0.3, 0.4) is 0 Å². The topological polar surface area (TPSA) is 0 Å². The quantitative estimate of drug-likeness (QED) is 0.487. The van der Waals surface area contributed by atoms with Gasteiger partial charge in [-0.15, -0.1) is 0 Å². The zero-order valence-electron chi connectivity index (χ0n) is 7.14. The Morgan fingerprint density at radius 2 is 1.90 bits per heavy atom. The van der Waals surface area contributed by atoms with Crippen LogP contribution >= 0.6 is 0 Å². The van der Waals surface area contributed by atoms with Gasteiger partial charge in [0.2, 0.25) is 0 Å². The number of hydrogen-bond acceptors (Lipinski definition) is 0. The highest BCUT2D eigenvalue weighted by molar-refractivity contribution is 4.90. The van der Waals surface area contributed by atoms with Crippen molar-refractivity contribution in [1.82, 2.24) is 0 Å². The minimum atomic E-state index is 0.888. The fourth-order valence-corrected chi connectivity index (χ4v) is 1.88. The molecule has 0 aromatic carbocycles. The van der Waals surface area contributed by atoms with E-state index in [0.717, 1.165) is 11.8 Å². The Hall–Kier alpha value is -0.260. The van der Waals surface area contributed by atoms with Crippen molar-refractivity contribution < 1.29 is 0 Å². The van der Waals surface area contributed by atoms with Gasteiger partial charge in [0.25, 0.3) is 0 Å². The Labute approximate surface area is 64.3 Å². The van der Waals surface area contributed by atoms with Crippen LogP contribution in [0.25, 0.3) is 0 Å². The van der Waals surface area contributed by atoms with Crippen LogP contribution in [0.5, 0.6) is 0 Å². The molecule has 2 atom stereocenters. The van der Waals surface area contributed by atoms with E-state index in [0.29, 0.717) is 0 Å². The van der Waals surface area contributed by atoms with Crippen molar-refractivity contribution in [2.24, 2.45) is 11.8 Å². The molecule has 0 aromatic heterocycles. The lowest BCUT2D eigenvalue weighted by Gasteiger charge is -2.25. The van der Waals surface area contributed by atoms with Crippen LogP contribution in [-0.2, 0) is 0 Å². The van der Waals surface area contributed by atoms with Crippen molar-refractivity contribution in [1.29, 1.82) is 0 Å². The summed E-state index contributed by atoms with van der Waals surface area (Å²) in [6.45, 7) is 4.51. The summed E-state index contributed by atoms with van der Waals surface area (Å²) in [6.07, 6.45) is 10.3. The molecule has 0 heterocycles. The van der Waals surface area contributed by atoms with Crippen LogP contribution < -0.4 is 0 Å². The van der Waals surface area contributed by atoms with Gasteiger partial charge in [0, 0.05) is 0 Å². The van der Waals surface area contributed by atoms with Gasteiger partial charge in [-0.25, -0.2) is 0 Å². The summed E-state index contributed by atoms with van der Waals surface area (Å²) >= 11 is 0. The Kier molecular flexibility index (Phi) is 2.98. The second-order valence-corrected chi connectivity index (χ2v) is 3.45. The molecule has 1 rings (SSSR count). The molecule has 0 spiro atoms. The molecule has 0 amide bonds. The number of hydrogen-bond donors (Lipinski definition) is 0. The summed E-state index contributed by atoms with van der Waals surface area (Å²) in [7, 11) is 0. The Morgan fingerprint density at radius 1 is 1.20 bits per heavy atom. The van der Waals surface area contributed by atoms with Gasteiger partial charge in [-0.05, 0) is 25.2 Å². The molecule has 0 heteroatoms. The van der Waals surface area contributed by atoms with E-state index < -0.39 is 0 Å². The van der Waals surface area contributed by atoms with Crippen molar-refractivity contribution in [3.8, 4) is 0 Å². The first-order valence-electron chi connectivity index (χ1n) is 4.47. The Bertz CT molecular complexity index is 113. The summed E-state index contributed by atoms with van der Waals surface area (Å²) in [4.78, 5) is 0. The summed E-state index contributed by atoms with van der Waals surface area (Å²) < 4.78 is 0. The summed E-state index contributed by atoms with van der Waals surface area (Å²) in [5.41, 5.74) is 0. The van der Waals surface area contributed by atoms with Gasteiger partial charge in [-0.2, -0.15) is 0 Å². The van der Waals surface area contributed by atoms with Crippen LogP contribution in [0.15, 0.2) is 12.2 Å². The maximum atomic E-state index is 2.38. The summed E-state index contributed by atoms with van der Waals surface area (Å²) in [6, 6.07) is 0. The second-order valence-electron chi connectivity index (χ2n) is 3.45. The lowest BCUT2D eigenvalue weighted by Crippen LogP contribution is -2.13. The van der Waals surface area contributed by atoms with E-state index in [2.05, 4.69) is 26.0 Å². The third-order valence-electron chi connectivity index (χ3n) is 2.62. The zero-order chi connectivity index (χ0) is 7.40. The lowest BCUT2D eigenvalue weighted by molar-refractivity contribution is 0.306. The molecule has 58 valence electrons. The molecule has 0 bridgehead atoms. The van der Waals surface area contributed by atoms with Crippen LogP contribution in [0, 0.1) is 11.8 Å². The van der Waals surface area contributed by atoms with Gasteiger partial charge >= 0.3 is 0 Å². The SMILES string of the molecule is C/C=C/C1CCCCC1C. The average molecular weight is 138 g/mol. The molecule has 1 saturated carbocycles. The van der Waals surface area contributed by atoms with Crippen molar-refractivity contribution >= 4 is 0 Å². The molecule has 1 aliphatic carbocycles. The molecular weight excluding hydrogens is 120 g/mol. The molecule has 1 aliphatic rings. The summed E-state index contributed by atoms with van der Waals surface area (Å²) in [5.74, 6) is 1.82. The van der Waals surface area contributed by atoms with Crippen molar-refractivity contribution in [2.75, 3.05) is 0 Å². The fraction of sp³-hybridized carbons (Fsp3) is 0.800. The van der Waals surface area contributed by atoms with Crippen LogP contribution in [0.1, 0.15) is 39.5 Å². The molecule has 0 aliphatic heterocycles. The maximum absolute atomic E-state index is 2.38. The normalized spacial score (nSPS) is 35.0. The molecular formula is C10H18. The van der Waals surface area contributed by atoms with E-state index in [1.807, 2.05) is 0 Å². The third kappa shape index (κ3) is 1.86. The zero-order valence-corrected chi connectivity index (χ0v) is 7.14. The van der Waals surface area contributed by atoms with Gasteiger partial charge < -0.3 is 0 Å². The average Bonchev–Trinajstić information content (AvgIpc) is 1.94. The van der Waals surface area contributed by atoms with E-state index >= 15 is 0 Å². The van der Waals surface area contributed by atoms with Gasteiger partial charge in [-0.3, -0.25) is 0 Å². The van der Waals surface area contributed by atoms with Gasteiger partial charge in [0.05, 0.1) is 0 Å². The highest BCUT2D eigenvalue weighted by Crippen LogP contribution is 2.30. The lowest BCUT2D eigenvalue weighted by atomic mass is 9.80. The molecule has 0 nitrogen and oxygen atoms in total. The first kappa shape index (κ1) is 7.84. The highest BCUT2D eigenvalue weighted by Gasteiger charge is 2.17. The van der Waals surface area contributed by atoms with Crippen molar-refractivity contribution in [3.05, 3.63) is 12.2 Å². The number of allylic oxidation sites excluding steroid dienone is 2. The molecule has 2 unspecified atom stereocenters. The van der Waals surface area contributed by atoms with Crippen molar-refractivity contribution in [2.45, 2.75) is 39.5 Å². The first-order chi connectivity index (χ1) is 4.84. The van der Waals surface area contributed by atoms with E-state index in [9.17, 15) is 0 Å². The first-order valence-corrected chi connectivity index (χ1v) is 4.47. The minimum Gasteiger partial charge on any atom is -0.0914 e. The molecule has 10 heavy (non-hydrogen) atoms. The number of rotatable bonds is 1. The van der Waals surface area contributed by atoms with Crippen molar-refractivity contribution in [3.63, 3.8) is 0 Å². The van der Waals surface area contributed by atoms with Gasteiger partial charge in [0.1, 0.15) is 0 Å².